The molecular weight excluding hydrogens is 271 g/mol. The molecule has 112 valence electrons. The molecule has 0 saturated heterocycles. The van der Waals surface area contributed by atoms with Gasteiger partial charge in [0.2, 0.25) is 0 Å². The molecule has 5 heteroatoms. The van der Waals surface area contributed by atoms with E-state index in [1.165, 1.54) is 13.2 Å². The molecule has 1 unspecified atom stereocenters. The van der Waals surface area contributed by atoms with Crippen molar-refractivity contribution in [3.63, 3.8) is 0 Å². The number of methoxy groups -OCH3 is 2. The van der Waals surface area contributed by atoms with Crippen LogP contribution in [0, 0.1) is 5.82 Å². The largest absolute Gasteiger partial charge is 0.497 e. The van der Waals surface area contributed by atoms with Gasteiger partial charge in [0.25, 0.3) is 0 Å². The van der Waals surface area contributed by atoms with Gasteiger partial charge in [-0.2, -0.15) is 0 Å². The Kier molecular flexibility index (Phi) is 5.14. The van der Waals surface area contributed by atoms with Crippen LogP contribution >= 0.6 is 0 Å². The molecule has 0 radical (unpaired) electrons. The fourth-order valence-electron chi connectivity index (χ4n) is 2.20. The van der Waals surface area contributed by atoms with Gasteiger partial charge in [-0.15, -0.1) is 0 Å². The fourth-order valence-corrected chi connectivity index (χ4v) is 2.20. The first-order valence-corrected chi connectivity index (χ1v) is 6.60. The summed E-state index contributed by atoms with van der Waals surface area (Å²) in [7, 11) is 3.06. The summed E-state index contributed by atoms with van der Waals surface area (Å²) in [6.45, 7) is 0. The first-order chi connectivity index (χ1) is 10.2. The van der Waals surface area contributed by atoms with Crippen LogP contribution in [0.3, 0.4) is 0 Å². The molecule has 0 spiro atoms. The lowest BCUT2D eigenvalue weighted by molar-refractivity contribution is 0.386. The summed E-state index contributed by atoms with van der Waals surface area (Å²) in [6.07, 6.45) is 0.560. The Morgan fingerprint density at radius 3 is 2.57 bits per heavy atom. The Hall–Kier alpha value is -2.11. The van der Waals surface area contributed by atoms with Gasteiger partial charge in [0.1, 0.15) is 5.75 Å². The lowest BCUT2D eigenvalue weighted by Gasteiger charge is -2.17. The molecule has 0 aliphatic rings. The van der Waals surface area contributed by atoms with Crippen LogP contribution in [0.15, 0.2) is 42.5 Å². The Labute approximate surface area is 123 Å². The number of hydrazine groups is 1. The Morgan fingerprint density at radius 1 is 1.14 bits per heavy atom. The van der Waals surface area contributed by atoms with Crippen LogP contribution < -0.4 is 20.7 Å². The molecule has 0 fully saturated rings. The van der Waals surface area contributed by atoms with Crippen LogP contribution in [-0.2, 0) is 6.42 Å². The lowest BCUT2D eigenvalue weighted by Crippen LogP contribution is -2.29. The van der Waals surface area contributed by atoms with Gasteiger partial charge in [-0.05, 0) is 41.8 Å². The SMILES string of the molecule is COc1cccc(C(Cc2ccc(OC)c(F)c2)NN)c1. The van der Waals surface area contributed by atoms with Crippen molar-refractivity contribution in [2.75, 3.05) is 14.2 Å². The normalized spacial score (nSPS) is 12.0. The highest BCUT2D eigenvalue weighted by atomic mass is 19.1. The van der Waals surface area contributed by atoms with E-state index in [1.54, 1.807) is 13.2 Å². The molecule has 0 aliphatic heterocycles. The quantitative estimate of drug-likeness (QED) is 0.634. The van der Waals surface area contributed by atoms with E-state index in [-0.39, 0.29) is 17.6 Å². The zero-order valence-corrected chi connectivity index (χ0v) is 12.1. The second-order valence-corrected chi connectivity index (χ2v) is 4.67. The number of nitrogens with two attached hydrogens (primary N) is 1. The topological polar surface area (TPSA) is 56.5 Å². The van der Waals surface area contributed by atoms with Crippen molar-refractivity contribution in [2.24, 2.45) is 5.84 Å². The predicted molar refractivity (Wildman–Crippen MR) is 79.7 cm³/mol. The van der Waals surface area contributed by atoms with Crippen LogP contribution in [0.1, 0.15) is 17.2 Å². The van der Waals surface area contributed by atoms with Crippen LogP contribution in [0.4, 0.5) is 4.39 Å². The minimum Gasteiger partial charge on any atom is -0.497 e. The van der Waals surface area contributed by atoms with Gasteiger partial charge in [0.15, 0.2) is 11.6 Å². The molecule has 2 rings (SSSR count). The lowest BCUT2D eigenvalue weighted by atomic mass is 9.99. The van der Waals surface area contributed by atoms with Gasteiger partial charge >= 0.3 is 0 Å². The molecule has 4 nitrogen and oxygen atoms in total. The zero-order chi connectivity index (χ0) is 15.2. The van der Waals surface area contributed by atoms with E-state index >= 15 is 0 Å². The van der Waals surface area contributed by atoms with Crippen LogP contribution in [0.25, 0.3) is 0 Å². The van der Waals surface area contributed by atoms with E-state index in [4.69, 9.17) is 15.3 Å². The first kappa shape index (κ1) is 15.3. The number of ether oxygens (including phenoxy) is 2. The van der Waals surface area contributed by atoms with Crippen molar-refractivity contribution >= 4 is 0 Å². The van der Waals surface area contributed by atoms with E-state index in [0.717, 1.165) is 16.9 Å². The van der Waals surface area contributed by atoms with Gasteiger partial charge in [-0.25, -0.2) is 4.39 Å². The molecular formula is C16H19FN2O2. The van der Waals surface area contributed by atoms with Crippen molar-refractivity contribution < 1.29 is 13.9 Å². The average Bonchev–Trinajstić information content (AvgIpc) is 2.52. The first-order valence-electron chi connectivity index (χ1n) is 6.60. The Morgan fingerprint density at radius 2 is 1.95 bits per heavy atom. The summed E-state index contributed by atoms with van der Waals surface area (Å²) in [5.74, 6) is 6.24. The highest BCUT2D eigenvalue weighted by molar-refractivity contribution is 5.33. The van der Waals surface area contributed by atoms with E-state index in [2.05, 4.69) is 5.43 Å². The van der Waals surface area contributed by atoms with E-state index in [0.29, 0.717) is 6.42 Å². The molecule has 0 bridgehead atoms. The smallest absolute Gasteiger partial charge is 0.165 e. The predicted octanol–water partition coefficient (Wildman–Crippen LogP) is 2.59. The van der Waals surface area contributed by atoms with Gasteiger partial charge in [-0.1, -0.05) is 18.2 Å². The second kappa shape index (κ2) is 7.06. The van der Waals surface area contributed by atoms with E-state index < -0.39 is 0 Å². The van der Waals surface area contributed by atoms with E-state index in [9.17, 15) is 4.39 Å². The maximum absolute atomic E-state index is 13.7. The van der Waals surface area contributed by atoms with Crippen molar-refractivity contribution in [2.45, 2.75) is 12.5 Å². The molecule has 3 N–H and O–H groups in total. The molecule has 0 heterocycles. The van der Waals surface area contributed by atoms with Crippen molar-refractivity contribution in [3.8, 4) is 11.5 Å². The molecule has 21 heavy (non-hydrogen) atoms. The summed E-state index contributed by atoms with van der Waals surface area (Å²) in [5, 5.41) is 0. The van der Waals surface area contributed by atoms with Crippen molar-refractivity contribution in [3.05, 3.63) is 59.4 Å². The zero-order valence-electron chi connectivity index (χ0n) is 12.1. The third-order valence-corrected chi connectivity index (χ3v) is 3.35. The monoisotopic (exact) mass is 290 g/mol. The van der Waals surface area contributed by atoms with Crippen LogP contribution in [-0.4, -0.2) is 14.2 Å². The van der Waals surface area contributed by atoms with Gasteiger partial charge < -0.3 is 9.47 Å². The number of halogens is 1. The molecule has 0 amide bonds. The fraction of sp³-hybridized carbons (Fsp3) is 0.250. The van der Waals surface area contributed by atoms with Crippen molar-refractivity contribution in [1.29, 1.82) is 0 Å². The molecule has 0 aromatic heterocycles. The maximum Gasteiger partial charge on any atom is 0.165 e. The summed E-state index contributed by atoms with van der Waals surface area (Å²) >= 11 is 0. The summed E-state index contributed by atoms with van der Waals surface area (Å²) in [6, 6.07) is 12.4. The van der Waals surface area contributed by atoms with Crippen LogP contribution in [0.5, 0.6) is 11.5 Å². The Balaban J connectivity index is 2.20. The minimum absolute atomic E-state index is 0.132. The Bertz CT molecular complexity index is 605. The summed E-state index contributed by atoms with van der Waals surface area (Å²) in [4.78, 5) is 0. The molecule has 2 aromatic rings. The average molecular weight is 290 g/mol. The third-order valence-electron chi connectivity index (χ3n) is 3.35. The second-order valence-electron chi connectivity index (χ2n) is 4.67. The maximum atomic E-state index is 13.7. The van der Waals surface area contributed by atoms with Crippen molar-refractivity contribution in [1.82, 2.24) is 5.43 Å². The summed E-state index contributed by atoms with van der Waals surface area (Å²) in [5.41, 5.74) is 4.57. The third kappa shape index (κ3) is 3.71. The molecule has 0 aliphatic carbocycles. The number of hydrogen-bond donors (Lipinski definition) is 2. The van der Waals surface area contributed by atoms with E-state index in [1.807, 2.05) is 30.3 Å². The minimum atomic E-state index is -0.378. The van der Waals surface area contributed by atoms with Gasteiger partial charge in [0.05, 0.1) is 20.3 Å². The van der Waals surface area contributed by atoms with Crippen LogP contribution in [0.2, 0.25) is 0 Å². The van der Waals surface area contributed by atoms with Gasteiger partial charge in [0, 0.05) is 0 Å². The highest BCUT2D eigenvalue weighted by Gasteiger charge is 2.13. The molecule has 1 atom stereocenters. The summed E-state index contributed by atoms with van der Waals surface area (Å²) < 4.78 is 23.8. The number of rotatable bonds is 6. The standard InChI is InChI=1S/C16H19FN2O2/c1-20-13-5-3-4-12(10-13)15(19-18)9-11-6-7-16(21-2)14(17)8-11/h3-8,10,15,19H,9,18H2,1-2H3. The number of hydrogen-bond acceptors (Lipinski definition) is 4. The van der Waals surface area contributed by atoms with Gasteiger partial charge in [-0.3, -0.25) is 11.3 Å². The highest BCUT2D eigenvalue weighted by Crippen LogP contribution is 2.24. The molecule has 2 aromatic carbocycles. The molecule has 0 saturated carbocycles. The number of benzene rings is 2. The number of nitrogens with one attached hydrogen (secondary N) is 1.